The zero-order valence-electron chi connectivity index (χ0n) is 15.1. The first-order valence-electron chi connectivity index (χ1n) is 8.91. The van der Waals surface area contributed by atoms with Crippen molar-refractivity contribution < 1.29 is 9.53 Å². The molecule has 1 amide bonds. The van der Waals surface area contributed by atoms with E-state index in [-0.39, 0.29) is 5.91 Å². The summed E-state index contributed by atoms with van der Waals surface area (Å²) >= 11 is 18.6. The largest absolute Gasteiger partial charge is 0.490 e. The van der Waals surface area contributed by atoms with Gasteiger partial charge in [-0.25, -0.2) is 0 Å². The fourth-order valence-corrected chi connectivity index (χ4v) is 3.83. The van der Waals surface area contributed by atoms with Crippen LogP contribution in [0, 0.1) is 0 Å². The Hall–Kier alpha value is -1.62. The minimum atomic E-state index is -0.0772. The van der Waals surface area contributed by atoms with Gasteiger partial charge in [-0.2, -0.15) is 0 Å². The highest BCUT2D eigenvalue weighted by Crippen LogP contribution is 2.35. The molecule has 144 valence electrons. The van der Waals surface area contributed by atoms with Crippen LogP contribution in [0.15, 0.2) is 36.4 Å². The molecule has 0 N–H and O–H groups in total. The van der Waals surface area contributed by atoms with E-state index >= 15 is 0 Å². The van der Waals surface area contributed by atoms with Crippen LogP contribution in [0.1, 0.15) is 23.7 Å². The van der Waals surface area contributed by atoms with Crippen molar-refractivity contribution in [2.75, 3.05) is 37.7 Å². The minimum absolute atomic E-state index is 0.0772. The standard InChI is InChI=1S/C20H21Cl3N2O2/c1-2-10-27-19-17(22)11-14(12-18(19)23)20(26)25-8-6-24(7-9-25)16-5-3-4-15(21)13-16/h3-5,11-13H,2,6-10H2,1H3. The first-order chi connectivity index (χ1) is 13.0. The van der Waals surface area contributed by atoms with Gasteiger partial charge in [0.1, 0.15) is 0 Å². The smallest absolute Gasteiger partial charge is 0.254 e. The van der Waals surface area contributed by atoms with E-state index in [1.54, 1.807) is 12.1 Å². The van der Waals surface area contributed by atoms with Crippen LogP contribution >= 0.6 is 34.8 Å². The molecule has 0 bridgehead atoms. The third-order valence-corrected chi connectivity index (χ3v) is 5.23. The number of hydrogen-bond donors (Lipinski definition) is 0. The summed E-state index contributed by atoms with van der Waals surface area (Å²) in [6.45, 7) is 5.25. The fraction of sp³-hybridized carbons (Fsp3) is 0.350. The molecule has 0 unspecified atom stereocenters. The highest BCUT2D eigenvalue weighted by Gasteiger charge is 2.24. The number of carbonyl (C=O) groups is 1. The van der Waals surface area contributed by atoms with Crippen molar-refractivity contribution in [2.45, 2.75) is 13.3 Å². The Morgan fingerprint density at radius 1 is 1.04 bits per heavy atom. The van der Waals surface area contributed by atoms with E-state index in [1.807, 2.05) is 36.1 Å². The second-order valence-electron chi connectivity index (χ2n) is 6.38. The van der Waals surface area contributed by atoms with E-state index in [9.17, 15) is 4.79 Å². The van der Waals surface area contributed by atoms with Gasteiger partial charge in [-0.1, -0.05) is 47.8 Å². The maximum atomic E-state index is 12.9. The first kappa shape index (κ1) is 20.1. The molecule has 0 aromatic heterocycles. The molecular formula is C20H21Cl3N2O2. The van der Waals surface area contributed by atoms with Gasteiger partial charge in [-0.05, 0) is 36.8 Å². The highest BCUT2D eigenvalue weighted by molar-refractivity contribution is 6.37. The lowest BCUT2D eigenvalue weighted by molar-refractivity contribution is 0.0746. The van der Waals surface area contributed by atoms with Crippen LogP contribution in [0.2, 0.25) is 15.1 Å². The quantitative estimate of drug-likeness (QED) is 0.640. The van der Waals surface area contributed by atoms with E-state index in [0.717, 1.165) is 25.2 Å². The lowest BCUT2D eigenvalue weighted by atomic mass is 10.1. The van der Waals surface area contributed by atoms with Gasteiger partial charge in [-0.3, -0.25) is 4.79 Å². The molecule has 1 aliphatic rings. The molecule has 1 heterocycles. The van der Waals surface area contributed by atoms with Crippen molar-refractivity contribution >= 4 is 46.4 Å². The van der Waals surface area contributed by atoms with E-state index < -0.39 is 0 Å². The zero-order chi connectivity index (χ0) is 19.4. The minimum Gasteiger partial charge on any atom is -0.490 e. The zero-order valence-corrected chi connectivity index (χ0v) is 17.3. The second kappa shape index (κ2) is 9.05. The molecule has 0 saturated carbocycles. The SMILES string of the molecule is CCCOc1c(Cl)cc(C(=O)N2CCN(c3cccc(Cl)c3)CC2)cc1Cl. The van der Waals surface area contributed by atoms with Crippen LogP contribution in [0.5, 0.6) is 5.75 Å². The summed E-state index contributed by atoms with van der Waals surface area (Å²) in [6, 6.07) is 11.0. The molecule has 7 heteroatoms. The Kier molecular flexibility index (Phi) is 6.74. The summed E-state index contributed by atoms with van der Waals surface area (Å²) in [6.07, 6.45) is 0.851. The van der Waals surface area contributed by atoms with Gasteiger partial charge in [0.2, 0.25) is 0 Å². The van der Waals surface area contributed by atoms with Gasteiger partial charge in [-0.15, -0.1) is 0 Å². The molecule has 0 aliphatic carbocycles. The Labute approximate surface area is 174 Å². The molecule has 1 saturated heterocycles. The van der Waals surface area contributed by atoms with E-state index in [2.05, 4.69) is 4.90 Å². The van der Waals surface area contributed by atoms with Crippen molar-refractivity contribution in [3.63, 3.8) is 0 Å². The number of ether oxygens (including phenoxy) is 1. The summed E-state index contributed by atoms with van der Waals surface area (Å²) in [4.78, 5) is 16.9. The predicted octanol–water partition coefficient (Wildman–Crippen LogP) is 5.40. The van der Waals surface area contributed by atoms with Gasteiger partial charge in [0.25, 0.3) is 5.91 Å². The number of nitrogens with zero attached hydrogens (tertiary/aromatic N) is 2. The maximum absolute atomic E-state index is 12.9. The number of benzene rings is 2. The third kappa shape index (κ3) is 4.81. The van der Waals surface area contributed by atoms with Gasteiger partial charge >= 0.3 is 0 Å². The monoisotopic (exact) mass is 426 g/mol. The molecule has 1 fully saturated rings. The number of carbonyl (C=O) groups excluding carboxylic acids is 1. The third-order valence-electron chi connectivity index (χ3n) is 4.44. The summed E-state index contributed by atoms with van der Waals surface area (Å²) in [5.41, 5.74) is 1.54. The van der Waals surface area contributed by atoms with Crippen molar-refractivity contribution in [3.8, 4) is 5.75 Å². The summed E-state index contributed by atoms with van der Waals surface area (Å²) in [5, 5.41) is 1.43. The molecular weight excluding hydrogens is 407 g/mol. The molecule has 4 nitrogen and oxygen atoms in total. The number of anilines is 1. The number of rotatable bonds is 5. The van der Waals surface area contributed by atoms with Crippen molar-refractivity contribution in [3.05, 3.63) is 57.0 Å². The predicted molar refractivity (Wildman–Crippen MR) is 112 cm³/mol. The molecule has 2 aromatic rings. The lowest BCUT2D eigenvalue weighted by Gasteiger charge is -2.36. The number of halogens is 3. The van der Waals surface area contributed by atoms with E-state index in [4.69, 9.17) is 39.5 Å². The number of piperazine rings is 1. The summed E-state index contributed by atoms with van der Waals surface area (Å²) in [7, 11) is 0. The molecule has 0 spiro atoms. The fourth-order valence-electron chi connectivity index (χ4n) is 3.05. The van der Waals surface area contributed by atoms with Gasteiger partial charge in [0, 0.05) is 42.5 Å². The Balaban J connectivity index is 1.67. The second-order valence-corrected chi connectivity index (χ2v) is 7.63. The van der Waals surface area contributed by atoms with Gasteiger partial charge in [0.05, 0.1) is 16.7 Å². The van der Waals surface area contributed by atoms with Crippen molar-refractivity contribution in [1.82, 2.24) is 4.90 Å². The lowest BCUT2D eigenvalue weighted by Crippen LogP contribution is -2.48. The summed E-state index contributed by atoms with van der Waals surface area (Å²) < 4.78 is 5.56. The Morgan fingerprint density at radius 3 is 2.30 bits per heavy atom. The normalized spacial score (nSPS) is 14.4. The number of hydrogen-bond acceptors (Lipinski definition) is 3. The van der Waals surface area contributed by atoms with Crippen LogP contribution in [-0.4, -0.2) is 43.6 Å². The van der Waals surface area contributed by atoms with Crippen molar-refractivity contribution in [2.24, 2.45) is 0 Å². The molecule has 27 heavy (non-hydrogen) atoms. The molecule has 3 rings (SSSR count). The van der Waals surface area contributed by atoms with Crippen LogP contribution in [0.3, 0.4) is 0 Å². The van der Waals surface area contributed by atoms with Crippen LogP contribution in [0.25, 0.3) is 0 Å². The molecule has 1 aliphatic heterocycles. The number of amides is 1. The van der Waals surface area contributed by atoms with E-state index in [1.165, 1.54) is 0 Å². The van der Waals surface area contributed by atoms with E-state index in [0.29, 0.717) is 46.1 Å². The average molecular weight is 428 g/mol. The van der Waals surface area contributed by atoms with Crippen LogP contribution in [-0.2, 0) is 0 Å². The van der Waals surface area contributed by atoms with Crippen LogP contribution in [0.4, 0.5) is 5.69 Å². The molecule has 0 radical (unpaired) electrons. The highest BCUT2D eigenvalue weighted by atomic mass is 35.5. The maximum Gasteiger partial charge on any atom is 0.254 e. The van der Waals surface area contributed by atoms with Gasteiger partial charge in [0.15, 0.2) is 5.75 Å². The van der Waals surface area contributed by atoms with Crippen LogP contribution < -0.4 is 9.64 Å². The Bertz CT molecular complexity index is 798. The van der Waals surface area contributed by atoms with Gasteiger partial charge < -0.3 is 14.5 Å². The Morgan fingerprint density at radius 2 is 1.70 bits per heavy atom. The summed E-state index contributed by atoms with van der Waals surface area (Å²) in [5.74, 6) is 0.356. The molecule has 0 atom stereocenters. The first-order valence-corrected chi connectivity index (χ1v) is 10.0. The molecule has 2 aromatic carbocycles. The van der Waals surface area contributed by atoms with Crippen molar-refractivity contribution in [1.29, 1.82) is 0 Å². The average Bonchev–Trinajstić information content (AvgIpc) is 2.67. The topological polar surface area (TPSA) is 32.8 Å².